The number of nitro groups is 1. The highest BCUT2D eigenvalue weighted by Gasteiger charge is 2.11. The molecule has 0 aliphatic rings. The van der Waals surface area contributed by atoms with Crippen molar-refractivity contribution in [1.82, 2.24) is 5.32 Å². The summed E-state index contributed by atoms with van der Waals surface area (Å²) in [4.78, 5) is 10.1. The van der Waals surface area contributed by atoms with Crippen LogP contribution in [0.4, 0.5) is 15.8 Å². The molecule has 5 nitrogen and oxygen atoms in total. The van der Waals surface area contributed by atoms with Crippen LogP contribution in [0.1, 0.15) is 5.56 Å². The van der Waals surface area contributed by atoms with E-state index in [0.29, 0.717) is 11.6 Å². The lowest BCUT2D eigenvalue weighted by molar-refractivity contribution is -0.384. The summed E-state index contributed by atoms with van der Waals surface area (Å²) in [7, 11) is 0. The summed E-state index contributed by atoms with van der Waals surface area (Å²) in [5.41, 5.74) is 0.667. The van der Waals surface area contributed by atoms with Gasteiger partial charge in [0.25, 0.3) is 5.69 Å². The summed E-state index contributed by atoms with van der Waals surface area (Å²) in [6.45, 7) is 0.416. The van der Waals surface area contributed by atoms with Crippen molar-refractivity contribution in [2.45, 2.75) is 6.54 Å². The lowest BCUT2D eigenvalue weighted by Crippen LogP contribution is -2.28. The van der Waals surface area contributed by atoms with Gasteiger partial charge in [0.2, 0.25) is 0 Å². The third-order valence-corrected chi connectivity index (χ3v) is 3.27. The average Bonchev–Trinajstić information content (AvgIpc) is 2.48. The van der Waals surface area contributed by atoms with Crippen LogP contribution >= 0.6 is 23.8 Å². The van der Waals surface area contributed by atoms with E-state index in [1.807, 2.05) is 12.1 Å². The largest absolute Gasteiger partial charge is 0.358 e. The molecule has 2 N–H and O–H groups in total. The Morgan fingerprint density at radius 1 is 1.27 bits per heavy atom. The standard InChI is InChI=1S/C14H11ClFN3O2S/c15-10-3-1-9(2-4-10)8-17-14(22)18-13-7-11(19(20)21)5-6-12(13)16/h1-7H,8H2,(H2,17,18,22). The molecule has 0 aromatic heterocycles. The van der Waals surface area contributed by atoms with Crippen molar-refractivity contribution < 1.29 is 9.31 Å². The van der Waals surface area contributed by atoms with Gasteiger partial charge in [-0.15, -0.1) is 0 Å². The Balaban J connectivity index is 1.98. The molecular weight excluding hydrogens is 329 g/mol. The maximum Gasteiger partial charge on any atom is 0.271 e. The van der Waals surface area contributed by atoms with Gasteiger partial charge < -0.3 is 10.6 Å². The molecule has 22 heavy (non-hydrogen) atoms. The number of nitrogens with one attached hydrogen (secondary N) is 2. The molecule has 0 saturated heterocycles. The molecular formula is C14H11ClFN3O2S. The van der Waals surface area contributed by atoms with Gasteiger partial charge in [-0.3, -0.25) is 10.1 Å². The van der Waals surface area contributed by atoms with Crippen LogP contribution in [0.5, 0.6) is 0 Å². The molecule has 0 fully saturated rings. The van der Waals surface area contributed by atoms with Crippen LogP contribution in [0.25, 0.3) is 0 Å². The van der Waals surface area contributed by atoms with E-state index in [1.165, 1.54) is 0 Å². The Kier molecular flexibility index (Phi) is 5.24. The number of anilines is 1. The Morgan fingerprint density at radius 3 is 2.59 bits per heavy atom. The Labute approximate surface area is 136 Å². The van der Waals surface area contributed by atoms with Crippen molar-refractivity contribution in [2.75, 3.05) is 5.32 Å². The molecule has 0 amide bonds. The first-order valence-electron chi connectivity index (χ1n) is 6.19. The van der Waals surface area contributed by atoms with Crippen LogP contribution in [-0.2, 0) is 6.54 Å². The van der Waals surface area contributed by atoms with Gasteiger partial charge in [0, 0.05) is 23.7 Å². The maximum absolute atomic E-state index is 13.6. The van der Waals surface area contributed by atoms with Crippen LogP contribution in [-0.4, -0.2) is 10.0 Å². The predicted molar refractivity (Wildman–Crippen MR) is 87.6 cm³/mol. The molecule has 0 atom stereocenters. The third kappa shape index (κ3) is 4.37. The van der Waals surface area contributed by atoms with Crippen LogP contribution < -0.4 is 10.6 Å². The van der Waals surface area contributed by atoms with Crippen molar-refractivity contribution in [3.63, 3.8) is 0 Å². The highest BCUT2D eigenvalue weighted by atomic mass is 35.5. The number of rotatable bonds is 4. The SMILES string of the molecule is O=[N+]([O-])c1ccc(F)c(NC(=S)NCc2ccc(Cl)cc2)c1. The molecule has 2 aromatic rings. The van der Waals surface area contributed by atoms with Crippen LogP contribution in [0.2, 0.25) is 5.02 Å². The molecule has 0 bridgehead atoms. The fourth-order valence-electron chi connectivity index (χ4n) is 1.67. The number of thiocarbonyl (C=S) groups is 1. The van der Waals surface area contributed by atoms with Gasteiger partial charge in [0.15, 0.2) is 5.11 Å². The minimum atomic E-state index is -0.624. The summed E-state index contributed by atoms with van der Waals surface area (Å²) in [6, 6.07) is 10.3. The van der Waals surface area contributed by atoms with Crippen LogP contribution in [0.3, 0.4) is 0 Å². The number of non-ortho nitro benzene ring substituents is 1. The summed E-state index contributed by atoms with van der Waals surface area (Å²) >= 11 is 10.8. The van der Waals surface area contributed by atoms with Crippen LogP contribution in [0.15, 0.2) is 42.5 Å². The topological polar surface area (TPSA) is 67.2 Å². The molecule has 2 rings (SSSR count). The lowest BCUT2D eigenvalue weighted by Gasteiger charge is -2.11. The summed E-state index contributed by atoms with van der Waals surface area (Å²) in [6.07, 6.45) is 0. The molecule has 2 aromatic carbocycles. The molecule has 0 saturated carbocycles. The highest BCUT2D eigenvalue weighted by molar-refractivity contribution is 7.80. The molecule has 114 valence electrons. The highest BCUT2D eigenvalue weighted by Crippen LogP contribution is 2.21. The van der Waals surface area contributed by atoms with Crippen molar-refractivity contribution in [2.24, 2.45) is 0 Å². The van der Waals surface area contributed by atoms with Crippen molar-refractivity contribution in [3.05, 3.63) is 69.0 Å². The zero-order valence-electron chi connectivity index (χ0n) is 11.2. The summed E-state index contributed by atoms with van der Waals surface area (Å²) in [5.74, 6) is -0.624. The molecule has 0 spiro atoms. The third-order valence-electron chi connectivity index (χ3n) is 2.78. The van der Waals surface area contributed by atoms with Gasteiger partial charge in [-0.1, -0.05) is 23.7 Å². The minimum absolute atomic E-state index is 0.0530. The van der Waals surface area contributed by atoms with E-state index in [1.54, 1.807) is 12.1 Å². The average molecular weight is 340 g/mol. The monoisotopic (exact) mass is 339 g/mol. The number of hydrogen-bond acceptors (Lipinski definition) is 3. The van der Waals surface area contributed by atoms with E-state index in [-0.39, 0.29) is 16.5 Å². The number of halogens is 2. The van der Waals surface area contributed by atoms with Gasteiger partial charge in [-0.2, -0.15) is 0 Å². The first-order valence-corrected chi connectivity index (χ1v) is 6.97. The predicted octanol–water partition coefficient (Wildman–Crippen LogP) is 3.87. The fraction of sp³-hybridized carbons (Fsp3) is 0.0714. The van der Waals surface area contributed by atoms with Gasteiger partial charge in [-0.25, -0.2) is 4.39 Å². The normalized spacial score (nSPS) is 10.1. The Morgan fingerprint density at radius 2 is 1.95 bits per heavy atom. The van der Waals surface area contributed by atoms with E-state index in [0.717, 1.165) is 23.8 Å². The fourth-order valence-corrected chi connectivity index (χ4v) is 1.98. The quantitative estimate of drug-likeness (QED) is 0.503. The zero-order chi connectivity index (χ0) is 16.1. The van der Waals surface area contributed by atoms with E-state index >= 15 is 0 Å². The molecule has 0 radical (unpaired) electrons. The Bertz CT molecular complexity index is 710. The first-order chi connectivity index (χ1) is 10.5. The van der Waals surface area contributed by atoms with E-state index in [9.17, 15) is 14.5 Å². The number of hydrogen-bond donors (Lipinski definition) is 2. The number of benzene rings is 2. The number of nitro benzene ring substituents is 1. The molecule has 0 aliphatic carbocycles. The number of nitrogens with zero attached hydrogens (tertiary/aromatic N) is 1. The van der Waals surface area contributed by atoms with E-state index in [4.69, 9.17) is 23.8 Å². The second kappa shape index (κ2) is 7.15. The minimum Gasteiger partial charge on any atom is -0.358 e. The second-order valence-electron chi connectivity index (χ2n) is 4.36. The lowest BCUT2D eigenvalue weighted by atomic mass is 10.2. The Hall–Kier alpha value is -2.25. The van der Waals surface area contributed by atoms with Crippen molar-refractivity contribution in [1.29, 1.82) is 0 Å². The van der Waals surface area contributed by atoms with Gasteiger partial charge in [0.05, 0.1) is 10.6 Å². The van der Waals surface area contributed by atoms with E-state index < -0.39 is 10.7 Å². The summed E-state index contributed by atoms with van der Waals surface area (Å²) < 4.78 is 13.6. The molecule has 8 heteroatoms. The molecule has 0 aliphatic heterocycles. The van der Waals surface area contributed by atoms with Gasteiger partial charge in [0.1, 0.15) is 5.82 Å². The van der Waals surface area contributed by atoms with Crippen LogP contribution in [0, 0.1) is 15.9 Å². The van der Waals surface area contributed by atoms with Crippen molar-refractivity contribution >= 4 is 40.3 Å². The maximum atomic E-state index is 13.6. The molecule has 0 unspecified atom stereocenters. The second-order valence-corrected chi connectivity index (χ2v) is 5.20. The van der Waals surface area contributed by atoms with Gasteiger partial charge in [-0.05, 0) is 36.0 Å². The first kappa shape index (κ1) is 16.1. The van der Waals surface area contributed by atoms with Gasteiger partial charge >= 0.3 is 0 Å². The summed E-state index contributed by atoms with van der Waals surface area (Å²) in [5, 5.41) is 17.0. The van der Waals surface area contributed by atoms with E-state index in [2.05, 4.69) is 10.6 Å². The molecule has 0 heterocycles. The smallest absolute Gasteiger partial charge is 0.271 e. The zero-order valence-corrected chi connectivity index (χ0v) is 12.7. The van der Waals surface area contributed by atoms with Crippen molar-refractivity contribution in [3.8, 4) is 0 Å².